The molecule has 0 saturated heterocycles. The molecule has 0 aliphatic heterocycles. The second-order valence-electron chi connectivity index (χ2n) is 2.76. The molecule has 0 bridgehead atoms. The van der Waals surface area contributed by atoms with Crippen molar-refractivity contribution in [2.45, 2.75) is 18.9 Å². The van der Waals surface area contributed by atoms with E-state index in [1.54, 1.807) is 0 Å². The van der Waals surface area contributed by atoms with Crippen LogP contribution in [-0.4, -0.2) is 36.1 Å². The minimum Gasteiger partial charge on any atom is -0.370 e. The molecule has 0 aliphatic carbocycles. The first-order chi connectivity index (χ1) is 7.11. The number of hydrogen-bond donors (Lipinski definition) is 5. The van der Waals surface area contributed by atoms with Crippen LogP contribution in [0.3, 0.4) is 0 Å². The Hall–Kier alpha value is -1.83. The van der Waals surface area contributed by atoms with E-state index in [1.807, 2.05) is 0 Å². The van der Waals surface area contributed by atoms with Gasteiger partial charge in [0.25, 0.3) is 5.91 Å². The van der Waals surface area contributed by atoms with E-state index in [2.05, 4.69) is 10.3 Å². The number of carbonyl (C=O) groups is 2. The molecule has 8 nitrogen and oxygen atoms in total. The summed E-state index contributed by atoms with van der Waals surface area (Å²) in [6.07, 6.45) is 1.24. The summed E-state index contributed by atoms with van der Waals surface area (Å²) in [5, 5.41) is 10.6. The van der Waals surface area contributed by atoms with E-state index < -0.39 is 11.9 Å². The fourth-order valence-corrected chi connectivity index (χ4v) is 0.954. The van der Waals surface area contributed by atoms with Crippen LogP contribution >= 0.6 is 0 Å². The predicted octanol–water partition coefficient (Wildman–Crippen LogP) is -2.34. The maximum atomic E-state index is 11.0. The topological polar surface area (TPSA) is 143 Å². The maximum Gasteiger partial charge on any atom is 0.265 e. The molecule has 1 atom stereocenters. The standard InChI is InChI=1S/C7H15N5O3/c8-7(9)10-3-1-2-5(11-4-13)6(14)12-15/h4-5,15H,1-3H2,(H,11,13)(H,12,14)(H4,8,9,10)/t5-/m0/s1. The molecule has 0 saturated carbocycles. The number of rotatable bonds is 7. The Balaban J connectivity index is 3.91. The van der Waals surface area contributed by atoms with Crippen LogP contribution in [0.1, 0.15) is 12.8 Å². The van der Waals surface area contributed by atoms with Gasteiger partial charge in [0.2, 0.25) is 6.41 Å². The highest BCUT2D eigenvalue weighted by atomic mass is 16.5. The van der Waals surface area contributed by atoms with Crippen molar-refractivity contribution in [2.75, 3.05) is 6.54 Å². The molecule has 0 aromatic rings. The summed E-state index contributed by atoms with van der Waals surface area (Å²) in [6, 6.07) is -0.776. The molecule has 0 heterocycles. The van der Waals surface area contributed by atoms with Gasteiger partial charge in [-0.1, -0.05) is 0 Å². The first-order valence-electron chi connectivity index (χ1n) is 4.30. The van der Waals surface area contributed by atoms with Crippen molar-refractivity contribution in [1.29, 1.82) is 0 Å². The van der Waals surface area contributed by atoms with Gasteiger partial charge in [0.1, 0.15) is 6.04 Å². The third-order valence-corrected chi connectivity index (χ3v) is 1.64. The minimum absolute atomic E-state index is 0.0264. The van der Waals surface area contributed by atoms with Gasteiger partial charge in [-0.3, -0.25) is 19.8 Å². The van der Waals surface area contributed by atoms with Crippen molar-refractivity contribution in [3.63, 3.8) is 0 Å². The third kappa shape index (κ3) is 6.27. The van der Waals surface area contributed by atoms with Gasteiger partial charge in [-0.05, 0) is 12.8 Å². The van der Waals surface area contributed by atoms with Gasteiger partial charge in [-0.15, -0.1) is 0 Å². The van der Waals surface area contributed by atoms with Crippen LogP contribution in [0.25, 0.3) is 0 Å². The van der Waals surface area contributed by atoms with Gasteiger partial charge in [0.05, 0.1) is 0 Å². The van der Waals surface area contributed by atoms with Gasteiger partial charge in [0, 0.05) is 6.54 Å². The molecule has 8 heteroatoms. The average Bonchev–Trinajstić information content (AvgIpc) is 2.21. The maximum absolute atomic E-state index is 11.0. The molecule has 0 aromatic heterocycles. The Kier molecular flexibility index (Phi) is 6.64. The van der Waals surface area contributed by atoms with Gasteiger partial charge in [-0.2, -0.15) is 0 Å². The molecule has 86 valence electrons. The molecule has 15 heavy (non-hydrogen) atoms. The lowest BCUT2D eigenvalue weighted by atomic mass is 10.1. The van der Waals surface area contributed by atoms with Crippen LogP contribution in [-0.2, 0) is 9.59 Å². The molecular formula is C7H15N5O3. The molecule has 0 fully saturated rings. The van der Waals surface area contributed by atoms with Crippen molar-refractivity contribution in [3.8, 4) is 0 Å². The number of nitrogens with two attached hydrogens (primary N) is 2. The first kappa shape index (κ1) is 13.2. The Morgan fingerprint density at radius 2 is 2.20 bits per heavy atom. The van der Waals surface area contributed by atoms with Gasteiger partial charge < -0.3 is 16.8 Å². The van der Waals surface area contributed by atoms with Crippen molar-refractivity contribution in [3.05, 3.63) is 0 Å². The van der Waals surface area contributed by atoms with Crippen LogP contribution in [0.5, 0.6) is 0 Å². The van der Waals surface area contributed by atoms with Crippen LogP contribution in [0.2, 0.25) is 0 Å². The summed E-state index contributed by atoms with van der Waals surface area (Å²) in [7, 11) is 0. The molecule has 0 rings (SSSR count). The largest absolute Gasteiger partial charge is 0.370 e. The summed E-state index contributed by atoms with van der Waals surface area (Å²) < 4.78 is 0. The van der Waals surface area contributed by atoms with E-state index in [1.165, 1.54) is 5.48 Å². The van der Waals surface area contributed by atoms with Crippen LogP contribution < -0.4 is 22.3 Å². The zero-order valence-corrected chi connectivity index (χ0v) is 8.14. The van der Waals surface area contributed by atoms with Gasteiger partial charge in [0.15, 0.2) is 5.96 Å². The van der Waals surface area contributed by atoms with Crippen molar-refractivity contribution in [1.82, 2.24) is 10.8 Å². The molecule has 0 aromatic carbocycles. The van der Waals surface area contributed by atoms with Crippen LogP contribution in [0.4, 0.5) is 0 Å². The molecule has 0 spiro atoms. The fourth-order valence-electron chi connectivity index (χ4n) is 0.954. The van der Waals surface area contributed by atoms with E-state index in [-0.39, 0.29) is 5.96 Å². The molecule has 2 amide bonds. The molecule has 0 aliphatic rings. The van der Waals surface area contributed by atoms with Gasteiger partial charge >= 0.3 is 0 Å². The molecule has 0 unspecified atom stereocenters. The van der Waals surface area contributed by atoms with Crippen molar-refractivity contribution < 1.29 is 14.8 Å². The number of guanidine groups is 1. The van der Waals surface area contributed by atoms with E-state index in [0.29, 0.717) is 25.8 Å². The number of hydrogen-bond acceptors (Lipinski definition) is 4. The summed E-state index contributed by atoms with van der Waals surface area (Å²) >= 11 is 0. The Morgan fingerprint density at radius 1 is 1.53 bits per heavy atom. The van der Waals surface area contributed by atoms with E-state index in [4.69, 9.17) is 16.7 Å². The van der Waals surface area contributed by atoms with Crippen LogP contribution in [0.15, 0.2) is 4.99 Å². The summed E-state index contributed by atoms with van der Waals surface area (Å²) in [4.78, 5) is 24.8. The number of amides is 2. The smallest absolute Gasteiger partial charge is 0.265 e. The quantitative estimate of drug-likeness (QED) is 0.0810. The number of nitrogens with zero attached hydrogens (tertiary/aromatic N) is 1. The minimum atomic E-state index is -0.776. The highest BCUT2D eigenvalue weighted by Crippen LogP contribution is 1.97. The Morgan fingerprint density at radius 3 is 2.67 bits per heavy atom. The third-order valence-electron chi connectivity index (χ3n) is 1.64. The van der Waals surface area contributed by atoms with E-state index in [0.717, 1.165) is 0 Å². The number of carbonyl (C=O) groups excluding carboxylic acids is 2. The van der Waals surface area contributed by atoms with Crippen molar-refractivity contribution >= 4 is 18.3 Å². The summed E-state index contributed by atoms with van der Waals surface area (Å²) in [5.41, 5.74) is 11.6. The second-order valence-corrected chi connectivity index (χ2v) is 2.76. The van der Waals surface area contributed by atoms with E-state index >= 15 is 0 Å². The predicted molar refractivity (Wildman–Crippen MR) is 52.8 cm³/mol. The summed E-state index contributed by atoms with van der Waals surface area (Å²) in [5.74, 6) is -0.701. The normalized spacial score (nSPS) is 11.3. The molecular weight excluding hydrogens is 202 g/mol. The zero-order chi connectivity index (χ0) is 11.7. The highest BCUT2D eigenvalue weighted by Gasteiger charge is 2.15. The highest BCUT2D eigenvalue weighted by molar-refractivity contribution is 5.82. The Labute approximate surface area is 86.7 Å². The number of nitrogens with one attached hydrogen (secondary N) is 2. The monoisotopic (exact) mass is 217 g/mol. The number of aliphatic imine (C=N–C) groups is 1. The lowest BCUT2D eigenvalue weighted by Gasteiger charge is -2.12. The zero-order valence-electron chi connectivity index (χ0n) is 8.14. The van der Waals surface area contributed by atoms with Crippen LogP contribution in [0, 0.1) is 0 Å². The first-order valence-corrected chi connectivity index (χ1v) is 4.30. The van der Waals surface area contributed by atoms with Gasteiger partial charge in [-0.25, -0.2) is 5.48 Å². The summed E-state index contributed by atoms with van der Waals surface area (Å²) in [6.45, 7) is 0.359. The number of hydroxylamine groups is 1. The average molecular weight is 217 g/mol. The van der Waals surface area contributed by atoms with E-state index in [9.17, 15) is 9.59 Å². The second kappa shape index (κ2) is 7.56. The lowest BCUT2D eigenvalue weighted by molar-refractivity contribution is -0.132. The SMILES string of the molecule is NC(N)=NCCC[C@H](NC=O)C(=O)NO. The Bertz CT molecular complexity index is 239. The molecule has 7 N–H and O–H groups in total. The lowest BCUT2D eigenvalue weighted by Crippen LogP contribution is -2.42. The fraction of sp³-hybridized carbons (Fsp3) is 0.571. The molecule has 0 radical (unpaired) electrons. The van der Waals surface area contributed by atoms with Crippen molar-refractivity contribution in [2.24, 2.45) is 16.5 Å².